The highest BCUT2D eigenvalue weighted by Crippen LogP contribution is 2.27. The molecule has 2 atom stereocenters. The standard InChI is InChI=1S/C19H21NO3S/c1-13(15-8-4-3-5-9-15)12-20-18(21)16-10-6-7-11-17(16)24-14(2)19(22)23/h3-11,13-14H,12H2,1-2H3,(H,20,21)(H,22,23). The summed E-state index contributed by atoms with van der Waals surface area (Å²) in [5, 5.41) is 11.4. The molecule has 0 radical (unpaired) electrons. The number of carboxylic acid groups (broad SMARTS) is 1. The highest BCUT2D eigenvalue weighted by Gasteiger charge is 2.18. The molecule has 0 aliphatic rings. The molecule has 4 nitrogen and oxygen atoms in total. The fraction of sp³-hybridized carbons (Fsp3) is 0.263. The number of rotatable bonds is 7. The number of aliphatic carboxylic acids is 1. The Kier molecular flexibility index (Phi) is 6.44. The van der Waals surface area contributed by atoms with Crippen LogP contribution in [-0.2, 0) is 4.79 Å². The smallest absolute Gasteiger partial charge is 0.316 e. The zero-order chi connectivity index (χ0) is 17.5. The lowest BCUT2D eigenvalue weighted by Crippen LogP contribution is -2.28. The average molecular weight is 343 g/mol. The molecule has 2 rings (SSSR count). The number of nitrogens with one attached hydrogen (secondary N) is 1. The van der Waals surface area contributed by atoms with Crippen molar-refractivity contribution in [3.63, 3.8) is 0 Å². The molecular weight excluding hydrogens is 322 g/mol. The van der Waals surface area contributed by atoms with E-state index in [-0.39, 0.29) is 11.8 Å². The summed E-state index contributed by atoms with van der Waals surface area (Å²) in [4.78, 5) is 24.2. The van der Waals surface area contributed by atoms with Gasteiger partial charge < -0.3 is 10.4 Å². The fourth-order valence-electron chi connectivity index (χ4n) is 2.24. The zero-order valence-electron chi connectivity index (χ0n) is 13.7. The average Bonchev–Trinajstić information content (AvgIpc) is 2.60. The Balaban J connectivity index is 2.03. The number of hydrogen-bond acceptors (Lipinski definition) is 3. The van der Waals surface area contributed by atoms with Crippen LogP contribution >= 0.6 is 11.8 Å². The fourth-order valence-corrected chi connectivity index (χ4v) is 3.16. The maximum atomic E-state index is 12.5. The Hall–Kier alpha value is -2.27. The second-order valence-electron chi connectivity index (χ2n) is 5.62. The molecule has 0 saturated heterocycles. The molecule has 2 aromatic carbocycles. The normalized spacial score (nSPS) is 13.1. The molecule has 0 bridgehead atoms. The minimum absolute atomic E-state index is 0.182. The van der Waals surface area contributed by atoms with Gasteiger partial charge in [-0.15, -0.1) is 11.8 Å². The summed E-state index contributed by atoms with van der Waals surface area (Å²) in [6.45, 7) is 4.19. The van der Waals surface area contributed by atoms with E-state index in [1.807, 2.05) is 30.3 Å². The molecule has 1 amide bonds. The van der Waals surface area contributed by atoms with Gasteiger partial charge in [-0.2, -0.15) is 0 Å². The first kappa shape index (κ1) is 18.1. The van der Waals surface area contributed by atoms with Gasteiger partial charge >= 0.3 is 5.97 Å². The number of thioether (sulfide) groups is 1. The molecule has 24 heavy (non-hydrogen) atoms. The number of benzene rings is 2. The van der Waals surface area contributed by atoms with Crippen molar-refractivity contribution in [2.75, 3.05) is 6.54 Å². The van der Waals surface area contributed by atoms with Gasteiger partial charge in [-0.3, -0.25) is 9.59 Å². The molecule has 0 heterocycles. The minimum atomic E-state index is -0.895. The summed E-state index contributed by atoms with van der Waals surface area (Å²) in [5.74, 6) is -0.876. The monoisotopic (exact) mass is 343 g/mol. The SMILES string of the molecule is CC(Sc1ccccc1C(=O)NCC(C)c1ccccc1)C(=O)O. The molecule has 0 aliphatic carbocycles. The predicted molar refractivity (Wildman–Crippen MR) is 96.6 cm³/mol. The molecule has 126 valence electrons. The molecule has 2 unspecified atom stereocenters. The summed E-state index contributed by atoms with van der Waals surface area (Å²) in [6.07, 6.45) is 0. The van der Waals surface area contributed by atoms with Crippen molar-refractivity contribution in [3.8, 4) is 0 Å². The van der Waals surface area contributed by atoms with Gasteiger partial charge in [0.25, 0.3) is 5.91 Å². The molecule has 0 spiro atoms. The number of hydrogen-bond donors (Lipinski definition) is 2. The Bertz CT molecular complexity index is 703. The molecule has 2 N–H and O–H groups in total. The van der Waals surface area contributed by atoms with E-state index in [1.165, 1.54) is 17.3 Å². The van der Waals surface area contributed by atoms with Crippen LogP contribution in [0.5, 0.6) is 0 Å². The van der Waals surface area contributed by atoms with Gasteiger partial charge in [0.1, 0.15) is 5.25 Å². The van der Waals surface area contributed by atoms with Crippen molar-refractivity contribution >= 4 is 23.6 Å². The van der Waals surface area contributed by atoms with Gasteiger partial charge in [-0.05, 0) is 30.5 Å². The maximum Gasteiger partial charge on any atom is 0.316 e. The van der Waals surface area contributed by atoms with Crippen molar-refractivity contribution in [2.24, 2.45) is 0 Å². The van der Waals surface area contributed by atoms with Gasteiger partial charge in [0, 0.05) is 11.4 Å². The Labute approximate surface area is 146 Å². The summed E-state index contributed by atoms with van der Waals surface area (Å²) in [5.41, 5.74) is 1.68. The molecule has 0 saturated carbocycles. The third-order valence-electron chi connectivity index (χ3n) is 3.72. The van der Waals surface area contributed by atoms with Crippen molar-refractivity contribution in [3.05, 3.63) is 65.7 Å². The quantitative estimate of drug-likeness (QED) is 0.751. The van der Waals surface area contributed by atoms with Crippen LogP contribution in [0.15, 0.2) is 59.5 Å². The van der Waals surface area contributed by atoms with Crippen molar-refractivity contribution in [1.29, 1.82) is 0 Å². The predicted octanol–water partition coefficient (Wildman–Crippen LogP) is 3.79. The highest BCUT2D eigenvalue weighted by atomic mass is 32.2. The maximum absolute atomic E-state index is 12.5. The topological polar surface area (TPSA) is 66.4 Å². The number of carbonyl (C=O) groups is 2. The molecule has 0 aliphatic heterocycles. The Morgan fingerprint density at radius 1 is 1.04 bits per heavy atom. The van der Waals surface area contributed by atoms with Crippen LogP contribution in [0.4, 0.5) is 0 Å². The second-order valence-corrected chi connectivity index (χ2v) is 7.00. The van der Waals surface area contributed by atoms with Crippen LogP contribution in [0, 0.1) is 0 Å². The van der Waals surface area contributed by atoms with E-state index in [1.54, 1.807) is 31.2 Å². The summed E-state index contributed by atoms with van der Waals surface area (Å²) in [6, 6.07) is 17.1. The van der Waals surface area contributed by atoms with E-state index in [9.17, 15) is 9.59 Å². The lowest BCUT2D eigenvalue weighted by atomic mass is 10.0. The number of amides is 1. The van der Waals surface area contributed by atoms with E-state index in [4.69, 9.17) is 5.11 Å². The number of carboxylic acids is 1. The minimum Gasteiger partial charge on any atom is -0.480 e. The van der Waals surface area contributed by atoms with Crippen molar-refractivity contribution < 1.29 is 14.7 Å². The van der Waals surface area contributed by atoms with Crippen molar-refractivity contribution in [2.45, 2.75) is 29.9 Å². The van der Waals surface area contributed by atoms with Gasteiger partial charge in [0.05, 0.1) is 5.56 Å². The molecular formula is C19H21NO3S. The first-order valence-corrected chi connectivity index (χ1v) is 8.68. The summed E-state index contributed by atoms with van der Waals surface area (Å²) >= 11 is 1.18. The lowest BCUT2D eigenvalue weighted by Gasteiger charge is -2.15. The lowest BCUT2D eigenvalue weighted by molar-refractivity contribution is -0.136. The van der Waals surface area contributed by atoms with Crippen LogP contribution in [0.2, 0.25) is 0 Å². The molecule has 0 fully saturated rings. The number of carbonyl (C=O) groups excluding carboxylic acids is 1. The van der Waals surface area contributed by atoms with Crippen LogP contribution in [0.3, 0.4) is 0 Å². The third kappa shape index (κ3) is 4.86. The van der Waals surface area contributed by atoms with E-state index in [2.05, 4.69) is 12.2 Å². The molecule has 2 aromatic rings. The summed E-state index contributed by atoms with van der Waals surface area (Å²) < 4.78 is 0. The summed E-state index contributed by atoms with van der Waals surface area (Å²) in [7, 11) is 0. The van der Waals surface area contributed by atoms with Gasteiger partial charge in [-0.25, -0.2) is 0 Å². The van der Waals surface area contributed by atoms with Crippen LogP contribution in [0.25, 0.3) is 0 Å². The Morgan fingerprint density at radius 3 is 2.33 bits per heavy atom. The first-order chi connectivity index (χ1) is 11.5. The Morgan fingerprint density at radius 2 is 1.67 bits per heavy atom. The van der Waals surface area contributed by atoms with E-state index < -0.39 is 11.2 Å². The van der Waals surface area contributed by atoms with E-state index in [0.717, 1.165) is 0 Å². The van der Waals surface area contributed by atoms with Crippen molar-refractivity contribution in [1.82, 2.24) is 5.32 Å². The first-order valence-electron chi connectivity index (χ1n) is 7.80. The highest BCUT2D eigenvalue weighted by molar-refractivity contribution is 8.00. The van der Waals surface area contributed by atoms with E-state index in [0.29, 0.717) is 17.0 Å². The van der Waals surface area contributed by atoms with Crippen LogP contribution in [0.1, 0.15) is 35.7 Å². The van der Waals surface area contributed by atoms with E-state index >= 15 is 0 Å². The van der Waals surface area contributed by atoms with Gasteiger partial charge in [0.2, 0.25) is 0 Å². The molecule has 5 heteroatoms. The van der Waals surface area contributed by atoms with Gasteiger partial charge in [0.15, 0.2) is 0 Å². The zero-order valence-corrected chi connectivity index (χ0v) is 14.5. The van der Waals surface area contributed by atoms with Crippen LogP contribution < -0.4 is 5.32 Å². The van der Waals surface area contributed by atoms with Gasteiger partial charge in [-0.1, -0.05) is 49.4 Å². The second kappa shape index (κ2) is 8.55. The molecule has 0 aromatic heterocycles. The van der Waals surface area contributed by atoms with Crippen LogP contribution in [-0.4, -0.2) is 28.8 Å². The largest absolute Gasteiger partial charge is 0.480 e. The third-order valence-corrected chi connectivity index (χ3v) is 4.89.